The summed E-state index contributed by atoms with van der Waals surface area (Å²) >= 11 is 0. The molecule has 0 aromatic heterocycles. The van der Waals surface area contributed by atoms with Gasteiger partial charge < -0.3 is 18.9 Å². The molecule has 0 amide bonds. The number of likely N-dealkylation sites (tertiary alicyclic amines) is 1. The van der Waals surface area contributed by atoms with Crippen LogP contribution in [0, 0.1) is 0 Å². The lowest BCUT2D eigenvalue weighted by Gasteiger charge is -2.39. The molecule has 0 aliphatic carbocycles. The Hall–Kier alpha value is -2.40. The molecule has 1 fully saturated rings. The number of ether oxygens (including phenoxy) is 4. The fourth-order valence-electron chi connectivity index (χ4n) is 3.76. The van der Waals surface area contributed by atoms with E-state index in [2.05, 4.69) is 4.90 Å². The van der Waals surface area contributed by atoms with Crippen molar-refractivity contribution >= 4 is 0 Å². The number of hydrogen-bond donors (Lipinski definition) is 0. The molecular formula is C20H21NO4. The molecule has 1 unspecified atom stereocenters. The first-order chi connectivity index (χ1) is 12.3. The molecule has 1 atom stereocenters. The van der Waals surface area contributed by atoms with E-state index < -0.39 is 5.79 Å². The third-order valence-corrected chi connectivity index (χ3v) is 5.09. The highest BCUT2D eigenvalue weighted by molar-refractivity contribution is 5.43. The van der Waals surface area contributed by atoms with Crippen LogP contribution in [-0.2, 0) is 0 Å². The molecule has 2 aromatic rings. The Balaban J connectivity index is 1.18. The van der Waals surface area contributed by atoms with Gasteiger partial charge in [0.1, 0.15) is 12.7 Å². The smallest absolute Gasteiger partial charge is 0.254 e. The van der Waals surface area contributed by atoms with Gasteiger partial charge in [-0.15, -0.1) is 0 Å². The molecule has 1 spiro atoms. The highest BCUT2D eigenvalue weighted by atomic mass is 16.7. The minimum Gasteiger partial charge on any atom is -0.486 e. The molecule has 5 heteroatoms. The van der Waals surface area contributed by atoms with Crippen molar-refractivity contribution in [1.82, 2.24) is 4.90 Å². The van der Waals surface area contributed by atoms with Crippen molar-refractivity contribution in [1.29, 1.82) is 0 Å². The van der Waals surface area contributed by atoms with Crippen LogP contribution in [0.5, 0.6) is 23.0 Å². The highest BCUT2D eigenvalue weighted by Crippen LogP contribution is 2.43. The summed E-state index contributed by atoms with van der Waals surface area (Å²) < 4.78 is 24.1. The Morgan fingerprint density at radius 3 is 2.12 bits per heavy atom. The monoisotopic (exact) mass is 339 g/mol. The summed E-state index contributed by atoms with van der Waals surface area (Å²) in [5.74, 6) is 2.90. The zero-order valence-corrected chi connectivity index (χ0v) is 14.0. The first-order valence-electron chi connectivity index (χ1n) is 8.88. The number of piperidine rings is 1. The second-order valence-electron chi connectivity index (χ2n) is 6.86. The van der Waals surface area contributed by atoms with E-state index in [4.69, 9.17) is 18.9 Å². The molecular weight excluding hydrogens is 318 g/mol. The van der Waals surface area contributed by atoms with Gasteiger partial charge in [0, 0.05) is 32.5 Å². The van der Waals surface area contributed by atoms with E-state index in [1.54, 1.807) is 0 Å². The summed E-state index contributed by atoms with van der Waals surface area (Å²) in [5, 5.41) is 0. The Bertz CT molecular complexity index is 743. The molecule has 5 nitrogen and oxygen atoms in total. The average molecular weight is 339 g/mol. The van der Waals surface area contributed by atoms with Gasteiger partial charge >= 0.3 is 0 Å². The fraction of sp³-hybridized carbons (Fsp3) is 0.400. The highest BCUT2D eigenvalue weighted by Gasteiger charge is 2.44. The van der Waals surface area contributed by atoms with E-state index in [-0.39, 0.29) is 6.10 Å². The molecule has 0 radical (unpaired) electrons. The molecule has 5 rings (SSSR count). The first kappa shape index (κ1) is 14.9. The van der Waals surface area contributed by atoms with Crippen LogP contribution in [0.3, 0.4) is 0 Å². The summed E-state index contributed by atoms with van der Waals surface area (Å²) in [5.41, 5.74) is 0. The van der Waals surface area contributed by atoms with Gasteiger partial charge in [-0.3, -0.25) is 4.90 Å². The van der Waals surface area contributed by atoms with Crippen LogP contribution in [0.2, 0.25) is 0 Å². The molecule has 0 saturated carbocycles. The topological polar surface area (TPSA) is 40.2 Å². The van der Waals surface area contributed by atoms with E-state index in [0.29, 0.717) is 6.61 Å². The van der Waals surface area contributed by atoms with Crippen LogP contribution in [0.1, 0.15) is 12.8 Å². The number of benzene rings is 2. The normalized spacial score (nSPS) is 23.6. The quantitative estimate of drug-likeness (QED) is 0.841. The summed E-state index contributed by atoms with van der Waals surface area (Å²) in [7, 11) is 0. The van der Waals surface area contributed by atoms with E-state index in [1.807, 2.05) is 48.5 Å². The van der Waals surface area contributed by atoms with Crippen molar-refractivity contribution in [3.63, 3.8) is 0 Å². The van der Waals surface area contributed by atoms with Gasteiger partial charge in [-0.25, -0.2) is 0 Å². The summed E-state index contributed by atoms with van der Waals surface area (Å²) in [6.07, 6.45) is 1.77. The Morgan fingerprint density at radius 2 is 1.44 bits per heavy atom. The first-order valence-corrected chi connectivity index (χ1v) is 8.88. The van der Waals surface area contributed by atoms with Crippen LogP contribution >= 0.6 is 0 Å². The molecule has 3 aliphatic heterocycles. The fourth-order valence-corrected chi connectivity index (χ4v) is 3.76. The summed E-state index contributed by atoms with van der Waals surface area (Å²) in [6, 6.07) is 15.8. The van der Waals surface area contributed by atoms with Crippen molar-refractivity contribution in [2.75, 3.05) is 26.2 Å². The van der Waals surface area contributed by atoms with Gasteiger partial charge in [-0.05, 0) is 24.3 Å². The van der Waals surface area contributed by atoms with E-state index in [0.717, 1.165) is 55.5 Å². The molecule has 25 heavy (non-hydrogen) atoms. The molecule has 2 aromatic carbocycles. The van der Waals surface area contributed by atoms with Gasteiger partial charge in [0.2, 0.25) is 0 Å². The van der Waals surface area contributed by atoms with Gasteiger partial charge in [0.15, 0.2) is 23.0 Å². The lowest BCUT2D eigenvalue weighted by atomic mass is 10.0. The minimum atomic E-state index is -0.489. The van der Waals surface area contributed by atoms with Crippen LogP contribution < -0.4 is 18.9 Å². The van der Waals surface area contributed by atoms with E-state index in [1.165, 1.54) is 0 Å². The third-order valence-electron chi connectivity index (χ3n) is 5.09. The van der Waals surface area contributed by atoms with Crippen LogP contribution in [0.25, 0.3) is 0 Å². The maximum Gasteiger partial charge on any atom is 0.254 e. The Kier molecular flexibility index (Phi) is 3.48. The van der Waals surface area contributed by atoms with Crippen molar-refractivity contribution in [2.45, 2.75) is 24.7 Å². The summed E-state index contributed by atoms with van der Waals surface area (Å²) in [6.45, 7) is 3.31. The molecule has 0 bridgehead atoms. The lowest BCUT2D eigenvalue weighted by molar-refractivity contribution is -0.121. The predicted octanol–water partition coefficient (Wildman–Crippen LogP) is 3.09. The zero-order chi connectivity index (χ0) is 16.7. The number of nitrogens with zero attached hydrogens (tertiary/aromatic N) is 1. The Labute approximate surface area is 147 Å². The number of fused-ring (bicyclic) bond motifs is 2. The lowest BCUT2D eigenvalue weighted by Crippen LogP contribution is -2.52. The Morgan fingerprint density at radius 1 is 0.840 bits per heavy atom. The van der Waals surface area contributed by atoms with Crippen molar-refractivity contribution < 1.29 is 18.9 Å². The minimum absolute atomic E-state index is 0.0616. The molecule has 3 aliphatic rings. The van der Waals surface area contributed by atoms with Crippen LogP contribution in [0.15, 0.2) is 48.5 Å². The van der Waals surface area contributed by atoms with E-state index >= 15 is 0 Å². The standard InChI is InChI=1S/C20H21NO4/c1-2-6-17-16(5-1)22-14-15(23-17)13-21-11-9-20(10-12-21)24-18-7-3-4-8-19(18)25-20/h1-8,15H,9-14H2. The van der Waals surface area contributed by atoms with Gasteiger partial charge in [-0.1, -0.05) is 24.3 Å². The molecule has 0 N–H and O–H groups in total. The molecule has 130 valence electrons. The van der Waals surface area contributed by atoms with Gasteiger partial charge in [0.25, 0.3) is 5.79 Å². The largest absolute Gasteiger partial charge is 0.486 e. The van der Waals surface area contributed by atoms with Crippen molar-refractivity contribution in [3.8, 4) is 23.0 Å². The number of para-hydroxylation sites is 4. The molecule has 1 saturated heterocycles. The average Bonchev–Trinajstić information content (AvgIpc) is 3.01. The maximum atomic E-state index is 6.12. The predicted molar refractivity (Wildman–Crippen MR) is 92.5 cm³/mol. The van der Waals surface area contributed by atoms with E-state index in [9.17, 15) is 0 Å². The van der Waals surface area contributed by atoms with Crippen molar-refractivity contribution in [3.05, 3.63) is 48.5 Å². The number of rotatable bonds is 2. The van der Waals surface area contributed by atoms with Crippen molar-refractivity contribution in [2.24, 2.45) is 0 Å². The third kappa shape index (κ3) is 2.78. The second-order valence-corrected chi connectivity index (χ2v) is 6.86. The molecule has 3 heterocycles. The SMILES string of the molecule is c1ccc2c(c1)OCC(CN1CCC3(CC1)Oc1ccccc1O3)O2. The zero-order valence-electron chi connectivity index (χ0n) is 14.0. The summed E-state index contributed by atoms with van der Waals surface area (Å²) in [4.78, 5) is 2.41. The second kappa shape index (κ2) is 5.85. The van der Waals surface area contributed by atoms with Gasteiger partial charge in [0.05, 0.1) is 0 Å². The van der Waals surface area contributed by atoms with Gasteiger partial charge in [-0.2, -0.15) is 0 Å². The maximum absolute atomic E-state index is 6.12. The number of hydrogen-bond acceptors (Lipinski definition) is 5. The van der Waals surface area contributed by atoms with Crippen LogP contribution in [-0.4, -0.2) is 43.0 Å². The van der Waals surface area contributed by atoms with Crippen LogP contribution in [0.4, 0.5) is 0 Å².